The molecule has 0 aromatic heterocycles. The molecule has 1 saturated heterocycles. The maximum absolute atomic E-state index is 10.1. The number of aliphatic hydroxyl groups is 1. The van der Waals surface area contributed by atoms with Crippen LogP contribution < -0.4 is 0 Å². The molecule has 0 aromatic rings. The highest BCUT2D eigenvalue weighted by Crippen LogP contribution is 2.22. The summed E-state index contributed by atoms with van der Waals surface area (Å²) >= 11 is 0. The van der Waals surface area contributed by atoms with Crippen molar-refractivity contribution in [2.75, 3.05) is 13.1 Å². The molecule has 15 heavy (non-hydrogen) atoms. The first-order valence-corrected chi connectivity index (χ1v) is 6.55. The Hall–Kier alpha value is -0.0800. The number of rotatable bonds is 4. The topological polar surface area (TPSA) is 23.5 Å². The zero-order valence-electron chi connectivity index (χ0n) is 10.6. The summed E-state index contributed by atoms with van der Waals surface area (Å²) in [6.45, 7) is 8.32. The summed E-state index contributed by atoms with van der Waals surface area (Å²) in [4.78, 5) is 2.51. The third kappa shape index (κ3) is 4.12. The Labute approximate surface area is 94.7 Å². The minimum absolute atomic E-state index is 0.502. The molecule has 1 fully saturated rings. The highest BCUT2D eigenvalue weighted by molar-refractivity contribution is 4.81. The van der Waals surface area contributed by atoms with Gasteiger partial charge in [0, 0.05) is 12.6 Å². The average Bonchev–Trinajstić information content (AvgIpc) is 2.42. The SMILES string of the molecule is CCC1CCCCCN1CC(C)(O)CC. The third-order valence-electron chi connectivity index (χ3n) is 3.78. The van der Waals surface area contributed by atoms with Crippen LogP contribution >= 0.6 is 0 Å². The van der Waals surface area contributed by atoms with Crippen LogP contribution in [0.25, 0.3) is 0 Å². The number of β-amino-alcohol motifs (C(OH)–C–C–N with tert-alkyl or cyclic N) is 1. The van der Waals surface area contributed by atoms with Crippen LogP contribution in [0.5, 0.6) is 0 Å². The maximum Gasteiger partial charge on any atom is 0.0743 e. The van der Waals surface area contributed by atoms with Crippen LogP contribution in [0, 0.1) is 0 Å². The summed E-state index contributed by atoms with van der Waals surface area (Å²) < 4.78 is 0. The first-order chi connectivity index (χ1) is 7.09. The van der Waals surface area contributed by atoms with E-state index in [4.69, 9.17) is 0 Å². The number of likely N-dealkylation sites (tertiary alicyclic amines) is 1. The fourth-order valence-corrected chi connectivity index (χ4v) is 2.46. The van der Waals surface area contributed by atoms with E-state index in [1.165, 1.54) is 38.6 Å². The predicted molar refractivity (Wildman–Crippen MR) is 65.0 cm³/mol. The minimum Gasteiger partial charge on any atom is -0.389 e. The highest BCUT2D eigenvalue weighted by Gasteiger charge is 2.26. The lowest BCUT2D eigenvalue weighted by atomic mass is 10.0. The molecule has 2 nitrogen and oxygen atoms in total. The molecule has 2 heteroatoms. The number of hydrogen-bond acceptors (Lipinski definition) is 2. The van der Waals surface area contributed by atoms with Gasteiger partial charge in [0.1, 0.15) is 0 Å². The van der Waals surface area contributed by atoms with Gasteiger partial charge in [-0.1, -0.05) is 26.7 Å². The van der Waals surface area contributed by atoms with Gasteiger partial charge in [-0.2, -0.15) is 0 Å². The molecule has 0 bridgehead atoms. The van der Waals surface area contributed by atoms with Gasteiger partial charge < -0.3 is 5.11 Å². The average molecular weight is 213 g/mol. The van der Waals surface area contributed by atoms with Gasteiger partial charge in [0.25, 0.3) is 0 Å². The van der Waals surface area contributed by atoms with Gasteiger partial charge in [-0.15, -0.1) is 0 Å². The Balaban J connectivity index is 2.55. The van der Waals surface area contributed by atoms with Crippen molar-refractivity contribution < 1.29 is 5.11 Å². The van der Waals surface area contributed by atoms with E-state index in [0.717, 1.165) is 13.0 Å². The molecule has 1 N–H and O–H groups in total. The first kappa shape index (κ1) is 13.0. The lowest BCUT2D eigenvalue weighted by molar-refractivity contribution is 0.00307. The molecule has 2 unspecified atom stereocenters. The van der Waals surface area contributed by atoms with Gasteiger partial charge >= 0.3 is 0 Å². The van der Waals surface area contributed by atoms with Gasteiger partial charge in [-0.05, 0) is 39.2 Å². The lowest BCUT2D eigenvalue weighted by Crippen LogP contribution is -2.45. The smallest absolute Gasteiger partial charge is 0.0743 e. The van der Waals surface area contributed by atoms with Crippen LogP contribution in [0.15, 0.2) is 0 Å². The molecule has 2 atom stereocenters. The molecule has 0 saturated carbocycles. The van der Waals surface area contributed by atoms with Crippen LogP contribution in [0.1, 0.15) is 59.3 Å². The standard InChI is InChI=1S/C13H27NO/c1-4-12-9-7-6-8-10-14(12)11-13(3,15)5-2/h12,15H,4-11H2,1-3H3. The Kier molecular flexibility index (Phi) is 5.07. The quantitative estimate of drug-likeness (QED) is 0.776. The normalized spacial score (nSPS) is 28.4. The van der Waals surface area contributed by atoms with E-state index in [-0.39, 0.29) is 0 Å². The van der Waals surface area contributed by atoms with E-state index in [9.17, 15) is 5.11 Å². The van der Waals surface area contributed by atoms with E-state index in [0.29, 0.717) is 6.04 Å². The zero-order valence-corrected chi connectivity index (χ0v) is 10.6. The van der Waals surface area contributed by atoms with Gasteiger partial charge in [-0.25, -0.2) is 0 Å². The van der Waals surface area contributed by atoms with Crippen LogP contribution in [0.3, 0.4) is 0 Å². The Morgan fingerprint density at radius 2 is 2.00 bits per heavy atom. The van der Waals surface area contributed by atoms with Crippen molar-refractivity contribution in [1.29, 1.82) is 0 Å². The van der Waals surface area contributed by atoms with Crippen molar-refractivity contribution in [1.82, 2.24) is 4.90 Å². The molecule has 1 heterocycles. The third-order valence-corrected chi connectivity index (χ3v) is 3.78. The van der Waals surface area contributed by atoms with E-state index >= 15 is 0 Å². The van der Waals surface area contributed by atoms with Crippen LogP contribution in [0.4, 0.5) is 0 Å². The van der Waals surface area contributed by atoms with Crippen molar-refractivity contribution in [3.8, 4) is 0 Å². The Morgan fingerprint density at radius 1 is 1.27 bits per heavy atom. The molecular weight excluding hydrogens is 186 g/mol. The monoisotopic (exact) mass is 213 g/mol. The summed E-state index contributed by atoms with van der Waals surface area (Å²) in [5, 5.41) is 10.1. The molecule has 0 aromatic carbocycles. The molecule has 0 spiro atoms. The Morgan fingerprint density at radius 3 is 2.60 bits per heavy atom. The molecule has 90 valence electrons. The van der Waals surface area contributed by atoms with Crippen LogP contribution in [0.2, 0.25) is 0 Å². The number of hydrogen-bond donors (Lipinski definition) is 1. The van der Waals surface area contributed by atoms with Crippen molar-refractivity contribution in [3.05, 3.63) is 0 Å². The lowest BCUT2D eigenvalue weighted by Gasteiger charge is -2.35. The molecule has 1 aliphatic rings. The Bertz CT molecular complexity index is 179. The minimum atomic E-state index is -0.502. The second-order valence-electron chi connectivity index (χ2n) is 5.23. The number of nitrogens with zero attached hydrogens (tertiary/aromatic N) is 1. The second kappa shape index (κ2) is 5.86. The molecule has 0 radical (unpaired) electrons. The second-order valence-corrected chi connectivity index (χ2v) is 5.23. The van der Waals surface area contributed by atoms with E-state index < -0.39 is 5.60 Å². The first-order valence-electron chi connectivity index (χ1n) is 6.55. The zero-order chi connectivity index (χ0) is 11.3. The predicted octanol–water partition coefficient (Wildman–Crippen LogP) is 2.80. The summed E-state index contributed by atoms with van der Waals surface area (Å²) in [5.74, 6) is 0. The van der Waals surface area contributed by atoms with Gasteiger partial charge in [0.05, 0.1) is 5.60 Å². The summed E-state index contributed by atoms with van der Waals surface area (Å²) in [5.41, 5.74) is -0.502. The van der Waals surface area contributed by atoms with Gasteiger partial charge in [-0.3, -0.25) is 4.90 Å². The van der Waals surface area contributed by atoms with E-state index in [2.05, 4.69) is 18.7 Å². The molecule has 1 aliphatic heterocycles. The van der Waals surface area contributed by atoms with Crippen molar-refractivity contribution in [2.45, 2.75) is 70.9 Å². The van der Waals surface area contributed by atoms with Crippen molar-refractivity contribution in [2.24, 2.45) is 0 Å². The van der Waals surface area contributed by atoms with Crippen molar-refractivity contribution in [3.63, 3.8) is 0 Å². The summed E-state index contributed by atoms with van der Waals surface area (Å²) in [6, 6.07) is 0.700. The fourth-order valence-electron chi connectivity index (χ4n) is 2.46. The largest absolute Gasteiger partial charge is 0.389 e. The maximum atomic E-state index is 10.1. The van der Waals surface area contributed by atoms with Gasteiger partial charge in [0.15, 0.2) is 0 Å². The molecular formula is C13H27NO. The van der Waals surface area contributed by atoms with Crippen molar-refractivity contribution >= 4 is 0 Å². The summed E-state index contributed by atoms with van der Waals surface area (Å²) in [7, 11) is 0. The highest BCUT2D eigenvalue weighted by atomic mass is 16.3. The van der Waals surface area contributed by atoms with E-state index in [1.54, 1.807) is 0 Å². The van der Waals surface area contributed by atoms with E-state index in [1.807, 2.05) is 6.92 Å². The van der Waals surface area contributed by atoms with Crippen LogP contribution in [-0.2, 0) is 0 Å². The van der Waals surface area contributed by atoms with Crippen LogP contribution in [-0.4, -0.2) is 34.7 Å². The summed E-state index contributed by atoms with van der Waals surface area (Å²) in [6.07, 6.45) is 7.41. The fraction of sp³-hybridized carbons (Fsp3) is 1.00. The van der Waals surface area contributed by atoms with Gasteiger partial charge in [0.2, 0.25) is 0 Å². The molecule has 0 amide bonds. The molecule has 1 rings (SSSR count). The molecule has 0 aliphatic carbocycles.